The van der Waals surface area contributed by atoms with Crippen molar-refractivity contribution in [2.75, 3.05) is 12.3 Å². The first kappa shape index (κ1) is 26.8. The number of aliphatic hydroxyl groups excluding tert-OH is 1. The van der Waals surface area contributed by atoms with Crippen LogP contribution in [-0.2, 0) is 31.6 Å². The van der Waals surface area contributed by atoms with E-state index in [2.05, 4.69) is 39.9 Å². The molecule has 21 heteroatoms. The van der Waals surface area contributed by atoms with Gasteiger partial charge in [0.15, 0.2) is 11.9 Å². The van der Waals surface area contributed by atoms with Gasteiger partial charge in [0.1, 0.15) is 17.7 Å². The van der Waals surface area contributed by atoms with Crippen LogP contribution in [0.2, 0.25) is 0 Å². The van der Waals surface area contributed by atoms with Gasteiger partial charge in [-0.2, -0.15) is 13.6 Å². The number of halogens is 1. The average Bonchev–Trinajstić information content (AvgIpc) is 3.17. The number of anilines is 1. The van der Waals surface area contributed by atoms with Gasteiger partial charge in [-0.05, 0) is 6.92 Å². The fraction of sp³-hybridized carbons (Fsp3) is 0.462. The molecule has 0 radical (unpaired) electrons. The van der Waals surface area contributed by atoms with E-state index in [1.54, 1.807) is 0 Å². The van der Waals surface area contributed by atoms with Crippen LogP contribution >= 0.6 is 23.5 Å². The Bertz CT molecular complexity index is 1290. The van der Waals surface area contributed by atoms with Crippen molar-refractivity contribution in [3.63, 3.8) is 0 Å². The van der Waals surface area contributed by atoms with Crippen LogP contribution in [0.3, 0.4) is 0 Å². The Morgan fingerprint density at radius 3 is 2.53 bits per heavy atom. The predicted octanol–water partition coefficient (Wildman–Crippen LogP) is -0.258. The van der Waals surface area contributed by atoms with Gasteiger partial charge in [0, 0.05) is 0 Å². The zero-order valence-corrected chi connectivity index (χ0v) is 19.5. The van der Waals surface area contributed by atoms with E-state index in [4.69, 9.17) is 20.3 Å². The lowest BCUT2D eigenvalue weighted by Crippen LogP contribution is -2.42. The summed E-state index contributed by atoms with van der Waals surface area (Å²) < 4.78 is 67.9. The second kappa shape index (κ2) is 9.32. The second-order valence-corrected chi connectivity index (χ2v) is 11.0. The number of hydrogen-bond acceptors (Lipinski definition) is 12. The summed E-state index contributed by atoms with van der Waals surface area (Å²) in [6.07, 6.45) is -3.18. The number of aromatic nitrogens is 4. The predicted molar refractivity (Wildman–Crippen MR) is 107 cm³/mol. The minimum absolute atomic E-state index is 0.0122. The molecule has 2 aromatic heterocycles. The summed E-state index contributed by atoms with van der Waals surface area (Å²) in [6, 6.07) is 0. The third-order valence-corrected chi connectivity index (χ3v) is 7.97. The van der Waals surface area contributed by atoms with E-state index < -0.39 is 54.2 Å². The highest BCUT2D eigenvalue weighted by atomic mass is 31.3. The van der Waals surface area contributed by atoms with E-state index in [1.165, 1.54) is 13.1 Å². The number of fused-ring (bicyclic) bond motifs is 1. The Balaban J connectivity index is 1.83. The molecule has 1 aliphatic rings. The van der Waals surface area contributed by atoms with E-state index in [0.717, 1.165) is 10.9 Å². The summed E-state index contributed by atoms with van der Waals surface area (Å²) in [5, 5.41) is 10.5. The number of alkyl halides is 1. The number of imidazole rings is 1. The normalized spacial score (nSPS) is 28.7. The van der Waals surface area contributed by atoms with Crippen LogP contribution in [0, 0.1) is 11.8 Å². The fourth-order valence-corrected chi connectivity index (χ4v) is 5.99. The molecular formula is C13H17FN5O12P3. The quantitative estimate of drug-likeness (QED) is 0.184. The molecule has 2 aromatic rings. The topological polar surface area (TPSA) is 259 Å². The fourth-order valence-electron chi connectivity index (χ4n) is 2.96. The van der Waals surface area contributed by atoms with Crippen LogP contribution in [0.15, 0.2) is 12.5 Å². The molecule has 1 fully saturated rings. The number of hydrogen-bond donors (Lipinski definition) is 6. The second-order valence-electron chi connectivity index (χ2n) is 6.59. The molecule has 7 N–H and O–H groups in total. The van der Waals surface area contributed by atoms with Gasteiger partial charge in [0.25, 0.3) is 0 Å². The SMILES string of the molecule is CC#CC1(F)[C@@H](O)[C@@H](COP(=O)(O)OP(=O)(O)OP(=O)(O)O)O[C@H]1n1cnc2cnc(N)nc21. The van der Waals surface area contributed by atoms with Gasteiger partial charge in [-0.3, -0.25) is 9.09 Å². The van der Waals surface area contributed by atoms with Crippen molar-refractivity contribution in [2.24, 2.45) is 0 Å². The first-order valence-corrected chi connectivity index (χ1v) is 13.3. The molecule has 1 saturated heterocycles. The summed E-state index contributed by atoms with van der Waals surface area (Å²) in [4.78, 5) is 47.5. The number of nitrogen functional groups attached to an aromatic ring is 1. The number of nitrogens with zero attached hydrogens (tertiary/aromatic N) is 4. The molecule has 0 saturated carbocycles. The lowest BCUT2D eigenvalue weighted by atomic mass is 9.96. The van der Waals surface area contributed by atoms with Crippen molar-refractivity contribution in [2.45, 2.75) is 31.0 Å². The lowest BCUT2D eigenvalue weighted by Gasteiger charge is -2.23. The van der Waals surface area contributed by atoms with Gasteiger partial charge < -0.3 is 35.2 Å². The molecule has 6 atom stereocenters. The van der Waals surface area contributed by atoms with Crippen LogP contribution in [0.5, 0.6) is 0 Å². The number of aliphatic hydroxyl groups is 1. The molecule has 3 unspecified atom stereocenters. The van der Waals surface area contributed by atoms with Crippen LogP contribution in [-0.4, -0.2) is 68.7 Å². The highest BCUT2D eigenvalue weighted by molar-refractivity contribution is 7.66. The largest absolute Gasteiger partial charge is 0.490 e. The minimum Gasteiger partial charge on any atom is -0.386 e. The van der Waals surface area contributed by atoms with E-state index >= 15 is 4.39 Å². The van der Waals surface area contributed by atoms with Crippen molar-refractivity contribution in [3.05, 3.63) is 12.5 Å². The number of rotatable bonds is 8. The maximum atomic E-state index is 15.8. The van der Waals surface area contributed by atoms with Gasteiger partial charge in [0.05, 0.1) is 19.1 Å². The molecule has 1 aliphatic heterocycles. The average molecular weight is 547 g/mol. The number of phosphoric ester groups is 1. The summed E-state index contributed by atoms with van der Waals surface area (Å²) in [7, 11) is -16.9. The van der Waals surface area contributed by atoms with Crippen molar-refractivity contribution in [1.29, 1.82) is 0 Å². The molecule has 0 aliphatic carbocycles. The zero-order valence-electron chi connectivity index (χ0n) is 16.8. The van der Waals surface area contributed by atoms with Crippen LogP contribution in [0.4, 0.5) is 10.3 Å². The summed E-state index contributed by atoms with van der Waals surface area (Å²) >= 11 is 0. The van der Waals surface area contributed by atoms with Gasteiger partial charge >= 0.3 is 23.5 Å². The van der Waals surface area contributed by atoms with Crippen molar-refractivity contribution in [1.82, 2.24) is 19.5 Å². The van der Waals surface area contributed by atoms with Crippen molar-refractivity contribution in [3.8, 4) is 11.8 Å². The Kier molecular flexibility index (Phi) is 7.34. The number of nitrogens with two attached hydrogens (primary N) is 1. The van der Waals surface area contributed by atoms with Gasteiger partial charge in [0.2, 0.25) is 11.6 Å². The molecule has 34 heavy (non-hydrogen) atoms. The molecule has 3 rings (SSSR count). The van der Waals surface area contributed by atoms with E-state index in [9.17, 15) is 28.6 Å². The number of phosphoric acid groups is 3. The highest BCUT2D eigenvalue weighted by Crippen LogP contribution is 2.66. The molecule has 17 nitrogen and oxygen atoms in total. The Morgan fingerprint density at radius 1 is 1.24 bits per heavy atom. The third kappa shape index (κ3) is 5.86. The molecule has 0 bridgehead atoms. The molecular weight excluding hydrogens is 530 g/mol. The Labute approximate surface area is 189 Å². The van der Waals surface area contributed by atoms with Crippen molar-refractivity contribution < 1.29 is 60.6 Å². The standard InChI is InChI=1S/C13H17FN5O12P3/c1-2-3-13(14)9(20)8(5-28-33(24,25)31-34(26,27)30-32(21,22)23)29-11(13)19-6-17-7-4-16-12(15)18-10(7)19/h4,6,8-9,11,20H,5H2,1H3,(H,24,25)(H,26,27)(H2,15,16,18)(H2,21,22,23)/t8-,9+,11-,13?/m1/s1. The van der Waals surface area contributed by atoms with Gasteiger partial charge in [-0.15, -0.1) is 5.92 Å². The molecule has 0 spiro atoms. The van der Waals surface area contributed by atoms with Crippen LogP contribution < -0.4 is 5.73 Å². The molecule has 188 valence electrons. The maximum Gasteiger partial charge on any atom is 0.490 e. The Hall–Kier alpha value is -1.83. The number of ether oxygens (including phenoxy) is 1. The smallest absolute Gasteiger partial charge is 0.386 e. The van der Waals surface area contributed by atoms with Gasteiger partial charge in [-0.1, -0.05) is 5.92 Å². The van der Waals surface area contributed by atoms with E-state index in [1.807, 2.05) is 0 Å². The third-order valence-electron chi connectivity index (χ3n) is 4.17. The molecule has 0 aromatic carbocycles. The summed E-state index contributed by atoms with van der Waals surface area (Å²) in [5.41, 5.74) is 2.92. The highest BCUT2D eigenvalue weighted by Gasteiger charge is 2.58. The van der Waals surface area contributed by atoms with Gasteiger partial charge in [-0.25, -0.2) is 28.1 Å². The zero-order chi connectivity index (χ0) is 25.5. The monoisotopic (exact) mass is 547 g/mol. The van der Waals surface area contributed by atoms with Crippen molar-refractivity contribution >= 4 is 40.6 Å². The molecule has 3 heterocycles. The maximum absolute atomic E-state index is 15.8. The molecule has 0 amide bonds. The summed E-state index contributed by atoms with van der Waals surface area (Å²) in [6.45, 7) is 0.166. The first-order valence-electron chi connectivity index (χ1n) is 8.76. The van der Waals surface area contributed by atoms with E-state index in [-0.39, 0.29) is 17.1 Å². The van der Waals surface area contributed by atoms with Crippen LogP contribution in [0.1, 0.15) is 13.2 Å². The lowest BCUT2D eigenvalue weighted by molar-refractivity contribution is -0.0496. The first-order chi connectivity index (χ1) is 15.6. The Morgan fingerprint density at radius 2 is 1.91 bits per heavy atom. The van der Waals surface area contributed by atoms with E-state index in [0.29, 0.717) is 0 Å². The van der Waals surface area contributed by atoms with Crippen LogP contribution in [0.25, 0.3) is 11.2 Å². The summed E-state index contributed by atoms with van der Waals surface area (Å²) in [5.74, 6) is 4.27. The minimum atomic E-state index is -5.77.